The molecule has 4 rings (SSSR count). The smallest absolute Gasteiger partial charge is 0.279 e. The summed E-state index contributed by atoms with van der Waals surface area (Å²) in [6, 6.07) is 8.10. The first-order chi connectivity index (χ1) is 14.7. The van der Waals surface area contributed by atoms with Gasteiger partial charge in [-0.1, -0.05) is 18.2 Å². The molecular weight excluding hydrogens is 380 g/mol. The fourth-order valence-corrected chi connectivity index (χ4v) is 4.59. The number of hydrogen-bond donors (Lipinski definition) is 0. The quantitative estimate of drug-likeness (QED) is 0.621. The lowest BCUT2D eigenvalue weighted by molar-refractivity contribution is -0.0755. The lowest BCUT2D eigenvalue weighted by Gasteiger charge is -2.35. The van der Waals surface area contributed by atoms with Gasteiger partial charge in [0.2, 0.25) is 0 Å². The molecule has 1 aromatic heterocycles. The SMILES string of the molecule is CON(C)C(=O)c1cn(CCCN2CCN(CC3CCCO3)CC2)c2ccccc12. The number of para-hydroxylation sites is 1. The van der Waals surface area contributed by atoms with E-state index in [1.54, 1.807) is 7.05 Å². The molecule has 1 unspecified atom stereocenters. The molecule has 7 heteroatoms. The maximum Gasteiger partial charge on any atom is 0.279 e. The van der Waals surface area contributed by atoms with Crippen LogP contribution in [0.25, 0.3) is 10.9 Å². The number of piperazine rings is 1. The summed E-state index contributed by atoms with van der Waals surface area (Å²) in [5.41, 5.74) is 1.80. The van der Waals surface area contributed by atoms with E-state index in [-0.39, 0.29) is 5.91 Å². The number of aromatic nitrogens is 1. The van der Waals surface area contributed by atoms with Gasteiger partial charge in [0.05, 0.1) is 18.8 Å². The van der Waals surface area contributed by atoms with Gasteiger partial charge in [-0.2, -0.15) is 0 Å². The van der Waals surface area contributed by atoms with E-state index in [9.17, 15) is 4.79 Å². The Balaban J connectivity index is 1.30. The van der Waals surface area contributed by atoms with Crippen molar-refractivity contribution >= 4 is 16.8 Å². The highest BCUT2D eigenvalue weighted by atomic mass is 16.7. The summed E-state index contributed by atoms with van der Waals surface area (Å²) in [7, 11) is 3.16. The van der Waals surface area contributed by atoms with E-state index in [4.69, 9.17) is 9.57 Å². The van der Waals surface area contributed by atoms with Gasteiger partial charge in [-0.25, -0.2) is 5.06 Å². The van der Waals surface area contributed by atoms with Crippen LogP contribution in [0.2, 0.25) is 0 Å². The summed E-state index contributed by atoms with van der Waals surface area (Å²) in [5.74, 6) is -0.116. The molecule has 2 aliphatic heterocycles. The number of amides is 1. The highest BCUT2D eigenvalue weighted by Gasteiger charge is 2.23. The Hall–Kier alpha value is -1.93. The van der Waals surface area contributed by atoms with E-state index in [0.29, 0.717) is 11.7 Å². The Morgan fingerprint density at radius 3 is 2.67 bits per heavy atom. The number of fused-ring (bicyclic) bond motifs is 1. The Kier molecular flexibility index (Phi) is 7.04. The van der Waals surface area contributed by atoms with Crippen molar-refractivity contribution in [2.75, 3.05) is 60.0 Å². The molecule has 2 saturated heterocycles. The summed E-state index contributed by atoms with van der Waals surface area (Å²) in [4.78, 5) is 22.8. The number of aryl methyl sites for hydroxylation is 1. The van der Waals surface area contributed by atoms with Crippen LogP contribution in [0, 0.1) is 0 Å². The van der Waals surface area contributed by atoms with Gasteiger partial charge in [-0.05, 0) is 31.9 Å². The largest absolute Gasteiger partial charge is 0.377 e. The van der Waals surface area contributed by atoms with E-state index in [1.807, 2.05) is 24.4 Å². The molecule has 0 spiro atoms. The van der Waals surface area contributed by atoms with E-state index in [0.717, 1.165) is 69.7 Å². The third kappa shape index (κ3) is 4.86. The molecule has 2 aliphatic rings. The molecule has 164 valence electrons. The fourth-order valence-electron chi connectivity index (χ4n) is 4.59. The molecule has 2 aromatic rings. The van der Waals surface area contributed by atoms with Crippen molar-refractivity contribution in [3.05, 3.63) is 36.0 Å². The summed E-state index contributed by atoms with van der Waals surface area (Å²) in [5, 5.41) is 2.26. The maximum atomic E-state index is 12.6. The topological polar surface area (TPSA) is 50.2 Å². The summed E-state index contributed by atoms with van der Waals surface area (Å²) in [6.45, 7) is 8.54. The Morgan fingerprint density at radius 2 is 1.93 bits per heavy atom. The number of benzene rings is 1. The summed E-state index contributed by atoms with van der Waals surface area (Å²) in [6.07, 6.45) is 5.93. The lowest BCUT2D eigenvalue weighted by Crippen LogP contribution is -2.48. The molecule has 1 aromatic carbocycles. The Morgan fingerprint density at radius 1 is 1.17 bits per heavy atom. The Labute approximate surface area is 179 Å². The normalized spacial score (nSPS) is 20.8. The van der Waals surface area contributed by atoms with Crippen molar-refractivity contribution in [1.82, 2.24) is 19.4 Å². The molecule has 2 fully saturated rings. The van der Waals surface area contributed by atoms with Gasteiger partial charge in [0, 0.05) is 70.0 Å². The van der Waals surface area contributed by atoms with Gasteiger partial charge in [0.1, 0.15) is 0 Å². The number of hydroxylamine groups is 2. The standard InChI is InChI=1S/C23H34N4O3/c1-24(29-2)23(28)21-18-27(22-9-4-3-8-20(21)22)11-6-10-25-12-14-26(15-13-25)17-19-7-5-16-30-19/h3-4,8-9,18-19H,5-7,10-17H2,1-2H3. The molecule has 0 aliphatic carbocycles. The van der Waals surface area contributed by atoms with Crippen molar-refractivity contribution in [1.29, 1.82) is 0 Å². The summed E-state index contributed by atoms with van der Waals surface area (Å²) >= 11 is 0. The minimum atomic E-state index is -0.116. The maximum absolute atomic E-state index is 12.6. The fraction of sp³-hybridized carbons (Fsp3) is 0.609. The van der Waals surface area contributed by atoms with Crippen molar-refractivity contribution in [3.63, 3.8) is 0 Å². The van der Waals surface area contributed by atoms with Crippen LogP contribution in [0.3, 0.4) is 0 Å². The molecule has 0 N–H and O–H groups in total. The van der Waals surface area contributed by atoms with Gasteiger partial charge >= 0.3 is 0 Å². The van der Waals surface area contributed by atoms with Crippen LogP contribution < -0.4 is 0 Å². The molecule has 3 heterocycles. The van der Waals surface area contributed by atoms with Crippen molar-refractivity contribution in [3.8, 4) is 0 Å². The molecule has 0 bridgehead atoms. The molecule has 0 radical (unpaired) electrons. The second-order valence-electron chi connectivity index (χ2n) is 8.37. The van der Waals surface area contributed by atoms with Crippen LogP contribution in [0.5, 0.6) is 0 Å². The second kappa shape index (κ2) is 9.92. The van der Waals surface area contributed by atoms with Gasteiger partial charge in [0.25, 0.3) is 5.91 Å². The zero-order chi connectivity index (χ0) is 20.9. The predicted molar refractivity (Wildman–Crippen MR) is 118 cm³/mol. The summed E-state index contributed by atoms with van der Waals surface area (Å²) < 4.78 is 7.99. The zero-order valence-electron chi connectivity index (χ0n) is 18.3. The van der Waals surface area contributed by atoms with Crippen LogP contribution in [0.4, 0.5) is 0 Å². The van der Waals surface area contributed by atoms with Crippen molar-refractivity contribution in [2.24, 2.45) is 0 Å². The first-order valence-corrected chi connectivity index (χ1v) is 11.1. The minimum Gasteiger partial charge on any atom is -0.377 e. The second-order valence-corrected chi connectivity index (χ2v) is 8.37. The third-order valence-corrected chi connectivity index (χ3v) is 6.40. The highest BCUT2D eigenvalue weighted by molar-refractivity contribution is 6.06. The number of carbonyl (C=O) groups excluding carboxylic acids is 1. The van der Waals surface area contributed by atoms with Gasteiger partial charge in [-0.15, -0.1) is 0 Å². The molecule has 7 nitrogen and oxygen atoms in total. The van der Waals surface area contributed by atoms with Gasteiger partial charge < -0.3 is 14.2 Å². The van der Waals surface area contributed by atoms with Crippen LogP contribution in [0.15, 0.2) is 30.5 Å². The third-order valence-electron chi connectivity index (χ3n) is 6.40. The lowest BCUT2D eigenvalue weighted by atomic mass is 10.1. The van der Waals surface area contributed by atoms with Crippen LogP contribution in [0.1, 0.15) is 29.6 Å². The molecule has 1 amide bonds. The van der Waals surface area contributed by atoms with Gasteiger partial charge in [-0.3, -0.25) is 14.5 Å². The predicted octanol–water partition coefficient (Wildman–Crippen LogP) is 2.46. The average molecular weight is 415 g/mol. The van der Waals surface area contributed by atoms with Crippen LogP contribution in [-0.4, -0.2) is 91.5 Å². The number of hydrogen-bond acceptors (Lipinski definition) is 5. The minimum absolute atomic E-state index is 0.116. The van der Waals surface area contributed by atoms with E-state index < -0.39 is 0 Å². The van der Waals surface area contributed by atoms with E-state index in [2.05, 4.69) is 20.4 Å². The molecule has 30 heavy (non-hydrogen) atoms. The van der Waals surface area contributed by atoms with E-state index >= 15 is 0 Å². The highest BCUT2D eigenvalue weighted by Crippen LogP contribution is 2.23. The van der Waals surface area contributed by atoms with Crippen LogP contribution in [-0.2, 0) is 16.1 Å². The average Bonchev–Trinajstić information content (AvgIpc) is 3.42. The van der Waals surface area contributed by atoms with Gasteiger partial charge in [0.15, 0.2) is 0 Å². The van der Waals surface area contributed by atoms with Crippen molar-refractivity contribution < 1.29 is 14.4 Å². The number of carbonyl (C=O) groups is 1. The molecular formula is C23H34N4O3. The first-order valence-electron chi connectivity index (χ1n) is 11.1. The number of rotatable bonds is 8. The number of nitrogens with zero attached hydrogens (tertiary/aromatic N) is 4. The zero-order valence-corrected chi connectivity index (χ0v) is 18.3. The van der Waals surface area contributed by atoms with Crippen molar-refractivity contribution in [2.45, 2.75) is 31.9 Å². The Bertz CT molecular complexity index is 838. The molecule has 1 atom stereocenters. The first kappa shape index (κ1) is 21.3. The monoisotopic (exact) mass is 414 g/mol. The van der Waals surface area contributed by atoms with Crippen LogP contribution >= 0.6 is 0 Å². The molecule has 0 saturated carbocycles. The number of ether oxygens (including phenoxy) is 1. The van der Waals surface area contributed by atoms with E-state index in [1.165, 1.54) is 25.0 Å².